The molecule has 7 heteroatoms. The first-order chi connectivity index (χ1) is 8.13. The molecule has 6 nitrogen and oxygen atoms in total. The largest absolute Gasteiger partial charge is 0.395 e. The van der Waals surface area contributed by atoms with Gasteiger partial charge in [0.05, 0.1) is 6.61 Å². The van der Waals surface area contributed by atoms with Crippen molar-refractivity contribution in [3.63, 3.8) is 0 Å². The molecule has 1 aromatic rings. The molecule has 0 saturated carbocycles. The predicted octanol–water partition coefficient (Wildman–Crippen LogP) is 0.612. The molecule has 0 unspecified atom stereocenters. The fourth-order valence-corrected chi connectivity index (χ4v) is 2.25. The summed E-state index contributed by atoms with van der Waals surface area (Å²) in [5.74, 6) is 0.0702. The van der Waals surface area contributed by atoms with Gasteiger partial charge in [-0.1, -0.05) is 18.3 Å². The number of anilines is 2. The normalized spacial score (nSPS) is 10.3. The van der Waals surface area contributed by atoms with Crippen LogP contribution in [0.15, 0.2) is 0 Å². The number of nitrogen functional groups attached to an aromatic ring is 1. The van der Waals surface area contributed by atoms with Gasteiger partial charge in [-0.3, -0.25) is 4.79 Å². The number of rotatable bonds is 6. The maximum absolute atomic E-state index is 12.2. The number of carbonyl (C=O) groups is 1. The lowest BCUT2D eigenvalue weighted by Crippen LogP contribution is -2.34. The van der Waals surface area contributed by atoms with E-state index in [-0.39, 0.29) is 18.3 Å². The Morgan fingerprint density at radius 2 is 2.29 bits per heavy atom. The van der Waals surface area contributed by atoms with Gasteiger partial charge in [-0.05, 0) is 6.42 Å². The van der Waals surface area contributed by atoms with Gasteiger partial charge < -0.3 is 21.1 Å². The van der Waals surface area contributed by atoms with Crippen molar-refractivity contribution in [2.24, 2.45) is 0 Å². The van der Waals surface area contributed by atoms with E-state index in [1.807, 2.05) is 6.92 Å². The zero-order valence-electron chi connectivity index (χ0n) is 10.1. The smallest absolute Gasteiger partial charge is 0.267 e. The molecule has 0 aliphatic heterocycles. The Bertz CT molecular complexity index is 374. The lowest BCUT2D eigenvalue weighted by molar-refractivity contribution is 0.0727. The van der Waals surface area contributed by atoms with Crippen LogP contribution in [-0.4, -0.2) is 47.6 Å². The van der Waals surface area contributed by atoms with Gasteiger partial charge in [0, 0.05) is 20.1 Å². The number of nitrogens with one attached hydrogen (secondary N) is 1. The van der Waals surface area contributed by atoms with E-state index in [0.29, 0.717) is 23.1 Å². The van der Waals surface area contributed by atoms with Crippen molar-refractivity contribution >= 4 is 28.2 Å². The number of hydrogen-bond acceptors (Lipinski definition) is 6. The van der Waals surface area contributed by atoms with Crippen molar-refractivity contribution in [3.05, 3.63) is 4.88 Å². The van der Waals surface area contributed by atoms with Crippen LogP contribution < -0.4 is 11.1 Å². The van der Waals surface area contributed by atoms with Crippen LogP contribution in [0, 0.1) is 0 Å². The Morgan fingerprint density at radius 3 is 2.76 bits per heavy atom. The molecule has 0 saturated heterocycles. The minimum absolute atomic E-state index is 0.0522. The number of nitrogens with zero attached hydrogens (tertiary/aromatic N) is 2. The number of hydrogen-bond donors (Lipinski definition) is 3. The highest BCUT2D eigenvalue weighted by Crippen LogP contribution is 2.25. The Labute approximate surface area is 104 Å². The summed E-state index contributed by atoms with van der Waals surface area (Å²) in [4.78, 5) is 18.2. The summed E-state index contributed by atoms with van der Waals surface area (Å²) >= 11 is 1.23. The van der Waals surface area contributed by atoms with Crippen molar-refractivity contribution < 1.29 is 9.90 Å². The first-order valence-electron chi connectivity index (χ1n) is 5.48. The molecule has 17 heavy (non-hydrogen) atoms. The van der Waals surface area contributed by atoms with Gasteiger partial charge in [-0.2, -0.15) is 0 Å². The molecule has 4 N–H and O–H groups in total. The Morgan fingerprint density at radius 1 is 1.59 bits per heavy atom. The highest BCUT2D eigenvalue weighted by atomic mass is 32.1. The van der Waals surface area contributed by atoms with Crippen molar-refractivity contribution in [2.75, 3.05) is 37.8 Å². The first kappa shape index (κ1) is 13.7. The molecular weight excluding hydrogens is 240 g/mol. The van der Waals surface area contributed by atoms with Gasteiger partial charge in [-0.15, -0.1) is 0 Å². The van der Waals surface area contributed by atoms with Gasteiger partial charge in [0.25, 0.3) is 5.91 Å². The van der Waals surface area contributed by atoms with Crippen LogP contribution in [0.25, 0.3) is 0 Å². The fraction of sp³-hybridized carbons (Fsp3) is 0.600. The molecule has 0 aliphatic carbocycles. The SMILES string of the molecule is CCCN(CCO)C(=O)c1sc(NC)nc1N. The quantitative estimate of drug-likeness (QED) is 0.695. The molecular formula is C10H18N4O2S. The van der Waals surface area contributed by atoms with E-state index >= 15 is 0 Å². The standard InChI is InChI=1S/C10H18N4O2S/c1-3-4-14(5-6-15)9(16)7-8(11)13-10(12-2)17-7/h15H,3-6,11H2,1-2H3,(H,12,13). The number of aliphatic hydroxyl groups excluding tert-OH is 1. The Hall–Kier alpha value is -1.34. The highest BCUT2D eigenvalue weighted by molar-refractivity contribution is 7.18. The third-order valence-electron chi connectivity index (χ3n) is 2.21. The zero-order chi connectivity index (χ0) is 12.8. The van der Waals surface area contributed by atoms with Gasteiger partial charge in [0.2, 0.25) is 0 Å². The Kier molecular flexibility index (Phi) is 5.17. The second-order valence-electron chi connectivity index (χ2n) is 3.50. The maximum atomic E-state index is 12.2. The van der Waals surface area contributed by atoms with Crippen LogP contribution in [0.4, 0.5) is 10.9 Å². The lowest BCUT2D eigenvalue weighted by Gasteiger charge is -2.20. The third-order valence-corrected chi connectivity index (χ3v) is 3.29. The number of amides is 1. The lowest BCUT2D eigenvalue weighted by atomic mass is 10.3. The molecule has 0 aliphatic rings. The predicted molar refractivity (Wildman–Crippen MR) is 69.4 cm³/mol. The van der Waals surface area contributed by atoms with Crippen LogP contribution in [0.5, 0.6) is 0 Å². The molecule has 0 aromatic carbocycles. The summed E-state index contributed by atoms with van der Waals surface area (Å²) in [6.07, 6.45) is 0.837. The summed E-state index contributed by atoms with van der Waals surface area (Å²) < 4.78 is 0. The fourth-order valence-electron chi connectivity index (χ4n) is 1.44. The molecule has 0 spiro atoms. The minimum Gasteiger partial charge on any atom is -0.395 e. The van der Waals surface area contributed by atoms with Crippen molar-refractivity contribution in [2.45, 2.75) is 13.3 Å². The van der Waals surface area contributed by atoms with Crippen molar-refractivity contribution in [1.29, 1.82) is 0 Å². The molecule has 1 rings (SSSR count). The third kappa shape index (κ3) is 3.31. The van der Waals surface area contributed by atoms with Crippen LogP contribution in [0.3, 0.4) is 0 Å². The monoisotopic (exact) mass is 258 g/mol. The first-order valence-corrected chi connectivity index (χ1v) is 6.29. The van der Waals surface area contributed by atoms with Crippen LogP contribution in [-0.2, 0) is 0 Å². The number of aromatic nitrogens is 1. The van der Waals surface area contributed by atoms with E-state index in [9.17, 15) is 4.79 Å². The van der Waals surface area contributed by atoms with E-state index in [1.54, 1.807) is 11.9 Å². The van der Waals surface area contributed by atoms with Crippen molar-refractivity contribution in [3.8, 4) is 0 Å². The van der Waals surface area contributed by atoms with Crippen molar-refractivity contribution in [1.82, 2.24) is 9.88 Å². The topological polar surface area (TPSA) is 91.5 Å². The average Bonchev–Trinajstić information content (AvgIpc) is 2.69. The second-order valence-corrected chi connectivity index (χ2v) is 4.50. The van der Waals surface area contributed by atoms with Gasteiger partial charge >= 0.3 is 0 Å². The summed E-state index contributed by atoms with van der Waals surface area (Å²) in [5.41, 5.74) is 5.70. The molecule has 96 valence electrons. The highest BCUT2D eigenvalue weighted by Gasteiger charge is 2.21. The zero-order valence-corrected chi connectivity index (χ0v) is 10.9. The van der Waals surface area contributed by atoms with E-state index < -0.39 is 0 Å². The second kappa shape index (κ2) is 6.41. The average molecular weight is 258 g/mol. The minimum atomic E-state index is -0.169. The van der Waals surface area contributed by atoms with Crippen LogP contribution >= 0.6 is 11.3 Å². The summed E-state index contributed by atoms with van der Waals surface area (Å²) in [5, 5.41) is 12.4. The van der Waals surface area contributed by atoms with E-state index in [4.69, 9.17) is 10.8 Å². The summed E-state index contributed by atoms with van der Waals surface area (Å²) in [6.45, 7) is 2.85. The summed E-state index contributed by atoms with van der Waals surface area (Å²) in [7, 11) is 1.73. The molecule has 1 amide bonds. The summed E-state index contributed by atoms with van der Waals surface area (Å²) in [6, 6.07) is 0. The molecule has 0 radical (unpaired) electrons. The van der Waals surface area contributed by atoms with Crippen LogP contribution in [0.2, 0.25) is 0 Å². The molecule has 0 atom stereocenters. The molecule has 0 fully saturated rings. The molecule has 1 heterocycles. The Balaban J connectivity index is 2.87. The van der Waals surface area contributed by atoms with Gasteiger partial charge in [0.15, 0.2) is 5.13 Å². The van der Waals surface area contributed by atoms with E-state index in [2.05, 4.69) is 10.3 Å². The number of thiazole rings is 1. The molecule has 0 bridgehead atoms. The van der Waals surface area contributed by atoms with E-state index in [0.717, 1.165) is 6.42 Å². The van der Waals surface area contributed by atoms with Crippen LogP contribution in [0.1, 0.15) is 23.0 Å². The number of nitrogens with two attached hydrogens (primary N) is 1. The maximum Gasteiger partial charge on any atom is 0.267 e. The number of aliphatic hydroxyl groups is 1. The van der Waals surface area contributed by atoms with E-state index in [1.165, 1.54) is 11.3 Å². The molecule has 1 aromatic heterocycles. The number of carbonyl (C=O) groups excluding carboxylic acids is 1. The van der Waals surface area contributed by atoms with Gasteiger partial charge in [-0.25, -0.2) is 4.98 Å². The van der Waals surface area contributed by atoms with Gasteiger partial charge in [0.1, 0.15) is 10.7 Å².